The lowest BCUT2D eigenvalue weighted by molar-refractivity contribution is 0.670. The Morgan fingerprint density at radius 2 is 0.796 bits per heavy atom. The zero-order valence-electron chi connectivity index (χ0n) is 28.8. The molecule has 0 unspecified atom stereocenters. The molecule has 0 aliphatic rings. The number of rotatable bonds is 5. The van der Waals surface area contributed by atoms with Crippen LogP contribution in [-0.2, 0) is 0 Å². The van der Waals surface area contributed by atoms with Crippen LogP contribution in [0, 0.1) is 0 Å². The molecule has 0 radical (unpaired) electrons. The van der Waals surface area contributed by atoms with Crippen molar-refractivity contribution >= 4 is 54.8 Å². The molecule has 0 spiro atoms. The third-order valence-electron chi connectivity index (χ3n) is 10.1. The predicted octanol–water partition coefficient (Wildman–Crippen LogP) is 12.6. The molecule has 6 heteroatoms. The molecular formula is C48H28N4O2. The highest BCUT2D eigenvalue weighted by Crippen LogP contribution is 2.44. The van der Waals surface area contributed by atoms with Crippen LogP contribution in [0.1, 0.15) is 0 Å². The van der Waals surface area contributed by atoms with Crippen LogP contribution in [0.25, 0.3) is 111 Å². The van der Waals surface area contributed by atoms with E-state index in [0.29, 0.717) is 17.5 Å². The molecule has 0 saturated carbocycles. The number of furan rings is 2. The zero-order valence-corrected chi connectivity index (χ0v) is 28.8. The summed E-state index contributed by atoms with van der Waals surface area (Å²) in [6, 6.07) is 57.3. The van der Waals surface area contributed by atoms with Gasteiger partial charge in [-0.25, -0.2) is 19.9 Å². The van der Waals surface area contributed by atoms with Crippen LogP contribution in [0.4, 0.5) is 0 Å². The Labute approximate surface area is 309 Å². The minimum Gasteiger partial charge on any atom is -0.455 e. The molecule has 0 amide bonds. The van der Waals surface area contributed by atoms with Gasteiger partial charge in [0, 0.05) is 54.9 Å². The number of hydrogen-bond acceptors (Lipinski definition) is 6. The van der Waals surface area contributed by atoms with E-state index in [1.54, 1.807) is 0 Å². The predicted molar refractivity (Wildman–Crippen MR) is 217 cm³/mol. The quantitative estimate of drug-likeness (QED) is 0.179. The van der Waals surface area contributed by atoms with E-state index in [2.05, 4.69) is 72.8 Å². The highest BCUT2D eigenvalue weighted by Gasteiger charge is 2.22. The summed E-state index contributed by atoms with van der Waals surface area (Å²) in [5, 5.41) is 5.10. The Hall–Kier alpha value is -7.44. The van der Waals surface area contributed by atoms with Crippen molar-refractivity contribution in [2.45, 2.75) is 0 Å². The number of fused-ring (bicyclic) bond motifs is 8. The molecule has 252 valence electrons. The Kier molecular flexibility index (Phi) is 6.75. The standard InChI is InChI=1S/C48H28N4O2/c1-3-13-30(14-4-1)46-50-47(31-15-5-2-6-16-31)52-48(51-46)32-27-25-29(26-28-32)42-41-37-18-8-10-24-40(37)54-45(41)38-22-11-19-34(43(38)49-42)36-21-12-20-35-33-17-7-9-23-39(33)53-44(35)36/h1-28H. The average molecular weight is 693 g/mol. The lowest BCUT2D eigenvalue weighted by atomic mass is 9.96. The molecule has 4 aromatic heterocycles. The molecule has 11 rings (SSSR count). The first-order valence-corrected chi connectivity index (χ1v) is 17.9. The van der Waals surface area contributed by atoms with Gasteiger partial charge in [0.05, 0.1) is 16.6 Å². The van der Waals surface area contributed by atoms with Gasteiger partial charge in [0.1, 0.15) is 22.3 Å². The smallest absolute Gasteiger partial charge is 0.164 e. The van der Waals surface area contributed by atoms with Crippen molar-refractivity contribution in [3.05, 3.63) is 170 Å². The van der Waals surface area contributed by atoms with Crippen molar-refractivity contribution in [1.29, 1.82) is 0 Å². The van der Waals surface area contributed by atoms with Crippen molar-refractivity contribution in [3.63, 3.8) is 0 Å². The first-order chi connectivity index (χ1) is 26.8. The Bertz CT molecular complexity index is 3150. The van der Waals surface area contributed by atoms with Gasteiger partial charge in [0.15, 0.2) is 17.5 Å². The van der Waals surface area contributed by atoms with E-state index >= 15 is 0 Å². The van der Waals surface area contributed by atoms with Crippen LogP contribution in [0.5, 0.6) is 0 Å². The van der Waals surface area contributed by atoms with Gasteiger partial charge in [-0.1, -0.05) is 152 Å². The highest BCUT2D eigenvalue weighted by molar-refractivity contribution is 6.21. The molecule has 0 bridgehead atoms. The lowest BCUT2D eigenvalue weighted by Gasteiger charge is -2.12. The van der Waals surface area contributed by atoms with Crippen LogP contribution in [0.2, 0.25) is 0 Å². The average Bonchev–Trinajstić information content (AvgIpc) is 3.83. The third-order valence-corrected chi connectivity index (χ3v) is 10.1. The van der Waals surface area contributed by atoms with Gasteiger partial charge in [0.25, 0.3) is 0 Å². The van der Waals surface area contributed by atoms with Gasteiger partial charge in [-0.15, -0.1) is 0 Å². The Balaban J connectivity index is 1.11. The molecule has 0 fully saturated rings. The second kappa shape index (κ2) is 12.1. The van der Waals surface area contributed by atoms with Gasteiger partial charge in [-0.05, 0) is 18.2 Å². The van der Waals surface area contributed by atoms with Crippen LogP contribution < -0.4 is 0 Å². The van der Waals surface area contributed by atoms with Gasteiger partial charge >= 0.3 is 0 Å². The van der Waals surface area contributed by atoms with Crippen molar-refractivity contribution in [2.75, 3.05) is 0 Å². The van der Waals surface area contributed by atoms with Crippen LogP contribution >= 0.6 is 0 Å². The number of nitrogens with zero attached hydrogens (tertiary/aromatic N) is 4. The van der Waals surface area contributed by atoms with Gasteiger partial charge in [-0.3, -0.25) is 0 Å². The lowest BCUT2D eigenvalue weighted by Crippen LogP contribution is -2.00. The largest absolute Gasteiger partial charge is 0.455 e. The maximum Gasteiger partial charge on any atom is 0.164 e. The molecule has 0 aliphatic carbocycles. The minimum absolute atomic E-state index is 0.598. The molecule has 54 heavy (non-hydrogen) atoms. The van der Waals surface area contributed by atoms with Crippen molar-refractivity contribution < 1.29 is 8.83 Å². The summed E-state index contributed by atoms with van der Waals surface area (Å²) in [5.41, 5.74) is 10.6. The normalized spacial score (nSPS) is 11.7. The molecule has 0 atom stereocenters. The topological polar surface area (TPSA) is 77.8 Å². The first-order valence-electron chi connectivity index (χ1n) is 17.9. The van der Waals surface area contributed by atoms with E-state index < -0.39 is 0 Å². The fraction of sp³-hybridized carbons (Fsp3) is 0. The molecule has 7 aromatic carbocycles. The summed E-state index contributed by atoms with van der Waals surface area (Å²) in [6.45, 7) is 0. The van der Waals surface area contributed by atoms with E-state index in [1.807, 2.05) is 97.1 Å². The molecule has 11 aromatic rings. The summed E-state index contributed by atoms with van der Waals surface area (Å²) in [6.07, 6.45) is 0. The van der Waals surface area contributed by atoms with Gasteiger partial charge in [-0.2, -0.15) is 0 Å². The van der Waals surface area contributed by atoms with Crippen LogP contribution in [0.3, 0.4) is 0 Å². The number of aromatic nitrogens is 4. The van der Waals surface area contributed by atoms with Gasteiger partial charge in [0.2, 0.25) is 0 Å². The summed E-state index contributed by atoms with van der Waals surface area (Å²) >= 11 is 0. The molecule has 6 nitrogen and oxygen atoms in total. The van der Waals surface area contributed by atoms with Gasteiger partial charge < -0.3 is 8.83 Å². The van der Waals surface area contributed by atoms with E-state index in [0.717, 1.165) is 93.9 Å². The second-order valence-electron chi connectivity index (χ2n) is 13.4. The summed E-state index contributed by atoms with van der Waals surface area (Å²) in [7, 11) is 0. The molecule has 0 aliphatic heterocycles. The van der Waals surface area contributed by atoms with Crippen LogP contribution in [-0.4, -0.2) is 19.9 Å². The second-order valence-corrected chi connectivity index (χ2v) is 13.4. The fourth-order valence-corrected chi connectivity index (χ4v) is 7.59. The Morgan fingerprint density at radius 1 is 0.315 bits per heavy atom. The number of pyridine rings is 1. The van der Waals surface area contributed by atoms with E-state index in [4.69, 9.17) is 28.8 Å². The number of hydrogen-bond donors (Lipinski definition) is 0. The van der Waals surface area contributed by atoms with E-state index in [9.17, 15) is 0 Å². The number of benzene rings is 7. The van der Waals surface area contributed by atoms with E-state index in [1.165, 1.54) is 0 Å². The van der Waals surface area contributed by atoms with Crippen LogP contribution in [0.15, 0.2) is 179 Å². The SMILES string of the molecule is c1ccc(-c2nc(-c3ccccc3)nc(-c3ccc(-c4nc5c(-c6cccc7c6oc6ccccc67)cccc5c5oc6ccccc6c45)cc3)n2)cc1. The highest BCUT2D eigenvalue weighted by atomic mass is 16.3. The minimum atomic E-state index is 0.598. The number of para-hydroxylation sites is 4. The van der Waals surface area contributed by atoms with Crippen molar-refractivity contribution in [1.82, 2.24) is 19.9 Å². The summed E-state index contributed by atoms with van der Waals surface area (Å²) in [4.78, 5) is 20.3. The maximum atomic E-state index is 6.67. The molecule has 0 saturated heterocycles. The van der Waals surface area contributed by atoms with E-state index in [-0.39, 0.29) is 0 Å². The molecule has 4 heterocycles. The maximum absolute atomic E-state index is 6.67. The molecular weight excluding hydrogens is 665 g/mol. The molecule has 0 N–H and O–H groups in total. The third kappa shape index (κ3) is 4.81. The zero-order chi connectivity index (χ0) is 35.6. The monoisotopic (exact) mass is 692 g/mol. The fourth-order valence-electron chi connectivity index (χ4n) is 7.59. The first kappa shape index (κ1) is 30.2. The van der Waals surface area contributed by atoms with Crippen molar-refractivity contribution in [2.24, 2.45) is 0 Å². The summed E-state index contributed by atoms with van der Waals surface area (Å²) in [5.74, 6) is 1.84. The van der Waals surface area contributed by atoms with Crippen molar-refractivity contribution in [3.8, 4) is 56.5 Å². The Morgan fingerprint density at radius 3 is 1.46 bits per heavy atom. The summed E-state index contributed by atoms with van der Waals surface area (Å²) < 4.78 is 13.2.